The van der Waals surface area contributed by atoms with E-state index in [1.807, 2.05) is 45.0 Å². The van der Waals surface area contributed by atoms with Gasteiger partial charge in [-0.2, -0.15) is 0 Å². The average Bonchev–Trinajstić information content (AvgIpc) is 2.93. The number of halogens is 1. The molecule has 1 aromatic rings. The second kappa shape index (κ2) is 19.8. The molecule has 1 rings (SSSR count). The molecule has 0 bridgehead atoms. The first-order valence-electron chi connectivity index (χ1n) is 14.9. The van der Waals surface area contributed by atoms with Crippen LogP contribution in [-0.4, -0.2) is 53.1 Å². The maximum atomic E-state index is 13.3. The monoisotopic (exact) mass is 687 g/mol. The summed E-state index contributed by atoms with van der Waals surface area (Å²) in [5, 5.41) is 14.5. The van der Waals surface area contributed by atoms with Crippen LogP contribution < -0.4 is 16.4 Å². The number of nitrogens with one attached hydrogen (secondary N) is 2. The Labute approximate surface area is 259 Å². The van der Waals surface area contributed by atoms with Gasteiger partial charge < -0.3 is 26.2 Å². The van der Waals surface area contributed by atoms with Crippen molar-refractivity contribution in [1.82, 2.24) is 10.6 Å². The quantitative estimate of drug-likeness (QED) is 0.0860. The number of hydrogen-bond donors (Lipinski definition) is 4. The van der Waals surface area contributed by atoms with Gasteiger partial charge >= 0.3 is 11.9 Å². The largest absolute Gasteiger partial charge is 0.480 e. The molecule has 0 aliphatic heterocycles. The fraction of sp³-hybridized carbons (Fsp3) is 0.677. The number of carboxylic acid groups (broad SMARTS) is 1. The van der Waals surface area contributed by atoms with E-state index in [2.05, 4.69) is 40.1 Å². The van der Waals surface area contributed by atoms with Crippen LogP contribution in [0.25, 0.3) is 0 Å². The Kier molecular flexibility index (Phi) is 17.8. The minimum absolute atomic E-state index is 0.0657. The van der Waals surface area contributed by atoms with Gasteiger partial charge in [-0.1, -0.05) is 84.8 Å². The van der Waals surface area contributed by atoms with E-state index in [0.717, 1.165) is 41.2 Å². The standard InChI is InChI=1S/C31H50IN3O6/c1-6-8-9-10-11-12-13-21(4)26(41-31(40)28(33)20(3)7-2)19-27(36)35-25(29(37)34-22(5)30(38)39)18-23-14-16-24(32)17-15-23/h14-17,20-22,25-26,28H,6-13,18-19,33H2,1-5H3,(H,34,37)(H,35,36)(H,38,39)/t20-,21-,22-,25-,26-,28+/m0/s1. The number of aliphatic carboxylic acids is 1. The van der Waals surface area contributed by atoms with Gasteiger partial charge in [0.2, 0.25) is 11.8 Å². The molecule has 0 aliphatic rings. The Hall–Kier alpha value is -2.21. The van der Waals surface area contributed by atoms with Crippen LogP contribution in [0.4, 0.5) is 0 Å². The Balaban J connectivity index is 3.03. The smallest absolute Gasteiger partial charge is 0.325 e. The van der Waals surface area contributed by atoms with Gasteiger partial charge in [-0.15, -0.1) is 0 Å². The molecule has 0 spiro atoms. The number of carbonyl (C=O) groups is 4. The lowest BCUT2D eigenvalue weighted by Crippen LogP contribution is -2.52. The van der Waals surface area contributed by atoms with E-state index >= 15 is 0 Å². The molecular weight excluding hydrogens is 637 g/mol. The van der Waals surface area contributed by atoms with Crippen LogP contribution in [0.3, 0.4) is 0 Å². The Morgan fingerprint density at radius 2 is 1.54 bits per heavy atom. The molecule has 0 heterocycles. The van der Waals surface area contributed by atoms with Crippen molar-refractivity contribution in [3.63, 3.8) is 0 Å². The molecule has 0 saturated heterocycles. The van der Waals surface area contributed by atoms with Crippen LogP contribution in [0.15, 0.2) is 24.3 Å². The van der Waals surface area contributed by atoms with Crippen LogP contribution in [0.2, 0.25) is 0 Å². The third-order valence-corrected chi connectivity index (χ3v) is 8.28. The minimum atomic E-state index is -1.18. The van der Waals surface area contributed by atoms with E-state index in [0.29, 0.717) is 0 Å². The summed E-state index contributed by atoms with van der Waals surface area (Å²) in [6.07, 6.45) is 7.63. The Morgan fingerprint density at radius 1 is 0.927 bits per heavy atom. The van der Waals surface area contributed by atoms with Crippen LogP contribution in [0.1, 0.15) is 98.0 Å². The fourth-order valence-electron chi connectivity index (χ4n) is 4.38. The number of carboxylic acids is 1. The number of carbonyl (C=O) groups excluding carboxylic acids is 3. The first-order valence-corrected chi connectivity index (χ1v) is 16.0. The summed E-state index contributed by atoms with van der Waals surface area (Å²) in [5.41, 5.74) is 6.94. The summed E-state index contributed by atoms with van der Waals surface area (Å²) in [6.45, 7) is 9.35. The number of rotatable bonds is 20. The van der Waals surface area contributed by atoms with E-state index in [1.54, 1.807) is 0 Å². The van der Waals surface area contributed by atoms with Crippen LogP contribution in [0.5, 0.6) is 0 Å². The highest BCUT2D eigenvalue weighted by molar-refractivity contribution is 14.1. The molecular formula is C31H50IN3O6. The summed E-state index contributed by atoms with van der Waals surface area (Å²) in [6, 6.07) is 4.60. The van der Waals surface area contributed by atoms with Crippen molar-refractivity contribution < 1.29 is 29.0 Å². The molecule has 0 saturated carbocycles. The number of hydrogen-bond acceptors (Lipinski definition) is 6. The SMILES string of the molecule is CCCCCCCC[C@H](C)[C@H](CC(=O)N[C@@H](Cc1ccc(I)cc1)C(=O)N[C@@H](C)C(=O)O)OC(=O)[C@H](N)[C@@H](C)CC. The summed E-state index contributed by atoms with van der Waals surface area (Å²) in [5.74, 6) is -2.91. The molecule has 232 valence electrons. The predicted molar refractivity (Wildman–Crippen MR) is 169 cm³/mol. The van der Waals surface area contributed by atoms with Crippen molar-refractivity contribution in [3.05, 3.63) is 33.4 Å². The number of benzene rings is 1. The van der Waals surface area contributed by atoms with Crippen LogP contribution in [-0.2, 0) is 30.3 Å². The van der Waals surface area contributed by atoms with E-state index in [9.17, 15) is 24.3 Å². The molecule has 0 aromatic heterocycles. The van der Waals surface area contributed by atoms with Crippen molar-refractivity contribution in [1.29, 1.82) is 0 Å². The first-order chi connectivity index (χ1) is 19.4. The second-order valence-electron chi connectivity index (χ2n) is 11.1. The number of amides is 2. The molecule has 41 heavy (non-hydrogen) atoms. The summed E-state index contributed by atoms with van der Waals surface area (Å²) < 4.78 is 6.85. The van der Waals surface area contributed by atoms with Gasteiger partial charge in [0.25, 0.3) is 0 Å². The van der Waals surface area contributed by atoms with E-state index in [4.69, 9.17) is 10.5 Å². The van der Waals surface area contributed by atoms with Crippen molar-refractivity contribution in [2.45, 2.75) is 123 Å². The van der Waals surface area contributed by atoms with Crippen LogP contribution in [0, 0.1) is 15.4 Å². The van der Waals surface area contributed by atoms with Gasteiger partial charge in [0.1, 0.15) is 24.2 Å². The molecule has 0 aliphatic carbocycles. The molecule has 10 heteroatoms. The van der Waals surface area contributed by atoms with E-state index in [-0.39, 0.29) is 24.7 Å². The zero-order chi connectivity index (χ0) is 30.9. The normalized spacial score (nSPS) is 15.6. The van der Waals surface area contributed by atoms with E-state index < -0.39 is 48.0 Å². The lowest BCUT2D eigenvalue weighted by atomic mass is 9.93. The first kappa shape index (κ1) is 36.8. The molecule has 6 atom stereocenters. The highest BCUT2D eigenvalue weighted by atomic mass is 127. The number of nitrogens with two attached hydrogens (primary N) is 1. The van der Waals surface area contributed by atoms with Crippen molar-refractivity contribution in [2.24, 2.45) is 17.6 Å². The summed E-state index contributed by atoms with van der Waals surface area (Å²) >= 11 is 2.18. The Bertz CT molecular complexity index is 958. The van der Waals surface area contributed by atoms with E-state index in [1.165, 1.54) is 26.2 Å². The predicted octanol–water partition coefficient (Wildman–Crippen LogP) is 4.97. The molecule has 5 N–H and O–H groups in total. The molecule has 0 fully saturated rings. The van der Waals surface area contributed by atoms with Gasteiger partial charge in [0, 0.05) is 9.99 Å². The molecule has 2 amide bonds. The maximum Gasteiger partial charge on any atom is 0.325 e. The highest BCUT2D eigenvalue weighted by Gasteiger charge is 2.31. The Morgan fingerprint density at radius 3 is 2.12 bits per heavy atom. The number of esters is 1. The molecule has 0 radical (unpaired) electrons. The average molecular weight is 688 g/mol. The van der Waals surface area contributed by atoms with Gasteiger partial charge in [-0.25, -0.2) is 0 Å². The zero-order valence-electron chi connectivity index (χ0n) is 25.3. The van der Waals surface area contributed by atoms with Gasteiger partial charge in [0.05, 0.1) is 6.42 Å². The van der Waals surface area contributed by atoms with Crippen LogP contribution >= 0.6 is 22.6 Å². The fourth-order valence-corrected chi connectivity index (χ4v) is 4.74. The summed E-state index contributed by atoms with van der Waals surface area (Å²) in [7, 11) is 0. The molecule has 9 nitrogen and oxygen atoms in total. The number of ether oxygens (including phenoxy) is 1. The van der Waals surface area contributed by atoms with Crippen molar-refractivity contribution in [2.75, 3.05) is 0 Å². The lowest BCUT2D eigenvalue weighted by Gasteiger charge is -2.27. The minimum Gasteiger partial charge on any atom is -0.480 e. The van der Waals surface area contributed by atoms with Gasteiger partial charge in [0.15, 0.2) is 0 Å². The topological polar surface area (TPSA) is 148 Å². The molecule has 1 aromatic carbocycles. The van der Waals surface area contributed by atoms with Gasteiger partial charge in [-0.05, 0) is 65.5 Å². The number of unbranched alkanes of at least 4 members (excludes halogenated alkanes) is 5. The zero-order valence-corrected chi connectivity index (χ0v) is 27.4. The third-order valence-electron chi connectivity index (χ3n) is 7.56. The maximum absolute atomic E-state index is 13.3. The van der Waals surface area contributed by atoms with Crippen molar-refractivity contribution >= 4 is 46.3 Å². The van der Waals surface area contributed by atoms with Gasteiger partial charge in [-0.3, -0.25) is 19.2 Å². The lowest BCUT2D eigenvalue weighted by molar-refractivity contribution is -0.156. The summed E-state index contributed by atoms with van der Waals surface area (Å²) in [4.78, 5) is 50.5. The highest BCUT2D eigenvalue weighted by Crippen LogP contribution is 2.21. The second-order valence-corrected chi connectivity index (χ2v) is 12.4. The van der Waals surface area contributed by atoms with Crippen molar-refractivity contribution in [3.8, 4) is 0 Å². The molecule has 0 unspecified atom stereocenters. The third kappa shape index (κ3) is 14.5.